The van der Waals surface area contributed by atoms with Crippen molar-refractivity contribution in [3.8, 4) is 0 Å². The van der Waals surface area contributed by atoms with E-state index in [1.165, 1.54) is 0 Å². The zero-order valence-electron chi connectivity index (χ0n) is 15.9. The van der Waals surface area contributed by atoms with Gasteiger partial charge in [-0.15, -0.1) is 0 Å². The number of carbonyl (C=O) groups is 3. The van der Waals surface area contributed by atoms with Crippen LogP contribution >= 0.6 is 23.2 Å². The first-order valence-electron chi connectivity index (χ1n) is 8.52. The topological polar surface area (TPSA) is 81.7 Å². The van der Waals surface area contributed by atoms with Gasteiger partial charge in [0.05, 0.1) is 12.5 Å². The molecule has 1 rings (SSSR count). The lowest BCUT2D eigenvalue weighted by atomic mass is 10.1. The van der Waals surface area contributed by atoms with Crippen molar-refractivity contribution in [2.75, 3.05) is 13.2 Å². The lowest BCUT2D eigenvalue weighted by Gasteiger charge is -2.19. The van der Waals surface area contributed by atoms with E-state index in [-0.39, 0.29) is 53.2 Å². The molecule has 1 saturated carbocycles. The first-order valence-corrected chi connectivity index (χ1v) is 9.28. The number of esters is 2. The average Bonchev–Trinajstić information content (AvgIpc) is 2.99. The predicted octanol–water partition coefficient (Wildman–Crippen LogP) is 3.36. The molecule has 1 aliphatic carbocycles. The van der Waals surface area contributed by atoms with Crippen molar-refractivity contribution in [3.63, 3.8) is 0 Å². The molecule has 1 amide bonds. The van der Waals surface area contributed by atoms with Crippen molar-refractivity contribution < 1.29 is 23.9 Å². The number of hydrogen-bond acceptors (Lipinski definition) is 5. The van der Waals surface area contributed by atoms with Crippen LogP contribution in [0, 0.1) is 17.3 Å². The Bertz CT molecular complexity index is 577. The molecule has 0 aliphatic heterocycles. The normalized spacial score (nSPS) is 20.7. The highest BCUT2D eigenvalue weighted by molar-refractivity contribution is 6.55. The van der Waals surface area contributed by atoms with Crippen LogP contribution in [0.15, 0.2) is 10.6 Å². The van der Waals surface area contributed by atoms with Crippen LogP contribution in [0.4, 0.5) is 0 Å². The van der Waals surface area contributed by atoms with Crippen LogP contribution in [0.5, 0.6) is 0 Å². The number of allylic oxidation sites excluding steroid dienone is 1. The average molecular weight is 408 g/mol. The third-order valence-electron chi connectivity index (χ3n) is 4.11. The van der Waals surface area contributed by atoms with Gasteiger partial charge in [-0.1, -0.05) is 37.0 Å². The van der Waals surface area contributed by atoms with E-state index in [2.05, 4.69) is 5.32 Å². The minimum Gasteiger partial charge on any atom is -0.464 e. The maximum absolute atomic E-state index is 12.2. The molecule has 148 valence electrons. The first-order chi connectivity index (χ1) is 11.8. The number of hydrogen-bond donors (Lipinski definition) is 1. The number of carbonyl (C=O) groups excluding carboxylic acids is 3. The third-order valence-corrected chi connectivity index (χ3v) is 4.37. The van der Waals surface area contributed by atoms with Gasteiger partial charge < -0.3 is 14.8 Å². The van der Waals surface area contributed by atoms with Crippen molar-refractivity contribution >= 4 is 41.0 Å². The summed E-state index contributed by atoms with van der Waals surface area (Å²) in [7, 11) is 0. The molecule has 2 atom stereocenters. The number of halogens is 2. The van der Waals surface area contributed by atoms with Crippen LogP contribution < -0.4 is 5.32 Å². The first kappa shape index (κ1) is 22.8. The van der Waals surface area contributed by atoms with E-state index in [1.807, 2.05) is 13.8 Å². The molecule has 0 aromatic carbocycles. The molecule has 0 radical (unpaired) electrons. The van der Waals surface area contributed by atoms with Crippen molar-refractivity contribution in [2.24, 2.45) is 17.3 Å². The molecule has 8 heteroatoms. The largest absolute Gasteiger partial charge is 0.464 e. The maximum atomic E-state index is 12.2. The molecule has 1 fully saturated rings. The number of amides is 1. The molecule has 1 aliphatic rings. The minimum atomic E-state index is -0.552. The van der Waals surface area contributed by atoms with Crippen molar-refractivity contribution in [2.45, 2.75) is 53.1 Å². The zero-order chi connectivity index (χ0) is 20.1. The second kappa shape index (κ2) is 9.09. The quantitative estimate of drug-likeness (QED) is 0.492. The summed E-state index contributed by atoms with van der Waals surface area (Å²) < 4.78 is 10.3. The second-order valence-electron chi connectivity index (χ2n) is 7.91. The summed E-state index contributed by atoms with van der Waals surface area (Å²) in [4.78, 5) is 35.4. The highest BCUT2D eigenvalue weighted by atomic mass is 35.5. The predicted molar refractivity (Wildman–Crippen MR) is 99.6 cm³/mol. The Labute approximate surface area is 164 Å². The smallest absolute Gasteiger partial charge is 0.325 e. The molecule has 1 N–H and O–H groups in total. The fraction of sp³-hybridized carbons (Fsp3) is 0.722. The van der Waals surface area contributed by atoms with E-state index < -0.39 is 11.6 Å². The molecule has 0 aromatic rings. The monoisotopic (exact) mass is 407 g/mol. The summed E-state index contributed by atoms with van der Waals surface area (Å²) in [5.41, 5.74) is -0.786. The standard InChI is InChI=1S/C18H27Cl2NO5/c1-17(2,3)26-13(22)7-6-8-25-14(23)10-21-16(24)15-11(9-12(19)20)18(15,4)5/h9,11,15H,6-8,10H2,1-5H3,(H,21,24)/t11-,15-/m0/s1. The van der Waals surface area contributed by atoms with Crippen LogP contribution in [0.25, 0.3) is 0 Å². The summed E-state index contributed by atoms with van der Waals surface area (Å²) in [5.74, 6) is -1.47. The van der Waals surface area contributed by atoms with E-state index in [0.29, 0.717) is 6.42 Å². The molecule has 0 unspecified atom stereocenters. The van der Waals surface area contributed by atoms with Gasteiger partial charge in [0.25, 0.3) is 0 Å². The molecule has 0 aromatic heterocycles. The van der Waals surface area contributed by atoms with E-state index in [4.69, 9.17) is 32.7 Å². The van der Waals surface area contributed by atoms with Gasteiger partial charge in [-0.05, 0) is 44.6 Å². The molecule has 0 heterocycles. The molecule has 0 bridgehead atoms. The molecule has 0 spiro atoms. The number of rotatable bonds is 8. The van der Waals surface area contributed by atoms with Gasteiger partial charge in [0, 0.05) is 6.42 Å². The van der Waals surface area contributed by atoms with Gasteiger partial charge in [-0.25, -0.2) is 0 Å². The van der Waals surface area contributed by atoms with Crippen molar-refractivity contribution in [1.82, 2.24) is 5.32 Å². The van der Waals surface area contributed by atoms with Gasteiger partial charge in [0.1, 0.15) is 16.6 Å². The van der Waals surface area contributed by atoms with Gasteiger partial charge in [-0.2, -0.15) is 0 Å². The second-order valence-corrected chi connectivity index (χ2v) is 8.92. The highest BCUT2D eigenvalue weighted by Crippen LogP contribution is 2.59. The fourth-order valence-electron chi connectivity index (χ4n) is 2.74. The summed E-state index contributed by atoms with van der Waals surface area (Å²) in [6.45, 7) is 9.11. The zero-order valence-corrected chi connectivity index (χ0v) is 17.4. The van der Waals surface area contributed by atoms with Gasteiger partial charge in [-0.3, -0.25) is 14.4 Å². The van der Waals surface area contributed by atoms with Crippen LogP contribution in [-0.4, -0.2) is 36.6 Å². The molecular formula is C18H27Cl2NO5. The molecule has 6 nitrogen and oxygen atoms in total. The van der Waals surface area contributed by atoms with Gasteiger partial charge in [0.2, 0.25) is 5.91 Å². The Morgan fingerprint density at radius 3 is 2.31 bits per heavy atom. The van der Waals surface area contributed by atoms with E-state index in [1.54, 1.807) is 26.8 Å². The Morgan fingerprint density at radius 2 is 1.77 bits per heavy atom. The van der Waals surface area contributed by atoms with Crippen molar-refractivity contribution in [1.29, 1.82) is 0 Å². The molecular weight excluding hydrogens is 381 g/mol. The van der Waals surface area contributed by atoms with E-state index >= 15 is 0 Å². The maximum Gasteiger partial charge on any atom is 0.325 e. The fourth-order valence-corrected chi connectivity index (χ4v) is 3.01. The lowest BCUT2D eigenvalue weighted by Crippen LogP contribution is -2.33. The van der Waals surface area contributed by atoms with Crippen LogP contribution in [-0.2, 0) is 23.9 Å². The molecule has 0 saturated heterocycles. The number of ether oxygens (including phenoxy) is 2. The summed E-state index contributed by atoms with van der Waals surface area (Å²) in [6.07, 6.45) is 2.17. The highest BCUT2D eigenvalue weighted by Gasteiger charge is 2.60. The summed E-state index contributed by atoms with van der Waals surface area (Å²) >= 11 is 11.3. The third kappa shape index (κ3) is 7.54. The Morgan fingerprint density at radius 1 is 1.15 bits per heavy atom. The Hall–Kier alpha value is -1.27. The van der Waals surface area contributed by atoms with Crippen LogP contribution in [0.1, 0.15) is 47.5 Å². The van der Waals surface area contributed by atoms with E-state index in [9.17, 15) is 14.4 Å². The lowest BCUT2D eigenvalue weighted by molar-refractivity contribution is -0.156. The molecule has 26 heavy (non-hydrogen) atoms. The SMILES string of the molecule is CC(C)(C)OC(=O)CCCOC(=O)CNC(=O)[C@@H]1[C@H](C=C(Cl)Cl)C1(C)C. The van der Waals surface area contributed by atoms with Crippen molar-refractivity contribution in [3.05, 3.63) is 10.6 Å². The van der Waals surface area contributed by atoms with Gasteiger partial charge in [0.15, 0.2) is 0 Å². The van der Waals surface area contributed by atoms with E-state index in [0.717, 1.165) is 0 Å². The Balaban J connectivity index is 2.24. The van der Waals surface area contributed by atoms with Gasteiger partial charge >= 0.3 is 11.9 Å². The Kier molecular flexibility index (Phi) is 7.96. The minimum absolute atomic E-state index is 0.0580. The summed E-state index contributed by atoms with van der Waals surface area (Å²) in [5, 5.41) is 2.56. The van der Waals surface area contributed by atoms with Crippen LogP contribution in [0.3, 0.4) is 0 Å². The van der Waals surface area contributed by atoms with Crippen LogP contribution in [0.2, 0.25) is 0 Å². The summed E-state index contributed by atoms with van der Waals surface area (Å²) in [6, 6.07) is 0. The number of nitrogens with one attached hydrogen (secondary N) is 1.